The van der Waals surface area contributed by atoms with Crippen molar-refractivity contribution in [1.29, 1.82) is 0 Å². The Morgan fingerprint density at radius 2 is 2.00 bits per heavy atom. The maximum Gasteiger partial charge on any atom is 0.122 e. The molecule has 2 rings (SSSR count). The SMILES string of the molecule is CCCCC(C)Oc1cc([NH])c2ccccc2c1. The van der Waals surface area contributed by atoms with Crippen molar-refractivity contribution >= 4 is 16.5 Å². The molecule has 95 valence electrons. The lowest BCUT2D eigenvalue weighted by molar-refractivity contribution is 0.208. The van der Waals surface area contributed by atoms with Gasteiger partial charge in [-0.05, 0) is 24.8 Å². The minimum Gasteiger partial charge on any atom is -0.491 e. The molecule has 0 spiro atoms. The molecule has 0 aromatic heterocycles. The van der Waals surface area contributed by atoms with Crippen LogP contribution in [0.4, 0.5) is 5.69 Å². The van der Waals surface area contributed by atoms with E-state index in [0.29, 0.717) is 5.69 Å². The number of ether oxygens (including phenoxy) is 1. The number of hydrogen-bond acceptors (Lipinski definition) is 1. The van der Waals surface area contributed by atoms with Crippen molar-refractivity contribution in [3.8, 4) is 5.75 Å². The van der Waals surface area contributed by atoms with E-state index in [1.54, 1.807) is 0 Å². The summed E-state index contributed by atoms with van der Waals surface area (Å²) in [5.41, 5.74) is 8.54. The van der Waals surface area contributed by atoms with Gasteiger partial charge in [-0.2, -0.15) is 0 Å². The summed E-state index contributed by atoms with van der Waals surface area (Å²) in [4.78, 5) is 0. The standard InChI is InChI=1S/C16H20NO/c1-3-4-7-12(2)18-14-10-13-8-5-6-9-15(13)16(17)11-14/h5-6,8-12,17H,3-4,7H2,1-2H3. The average Bonchev–Trinajstić information content (AvgIpc) is 2.36. The summed E-state index contributed by atoms with van der Waals surface area (Å²) in [6.07, 6.45) is 3.65. The molecule has 0 amide bonds. The first-order valence-corrected chi connectivity index (χ1v) is 6.61. The quantitative estimate of drug-likeness (QED) is 0.747. The molecule has 0 fully saturated rings. The smallest absolute Gasteiger partial charge is 0.122 e. The van der Waals surface area contributed by atoms with Crippen LogP contribution in [-0.4, -0.2) is 6.10 Å². The Hall–Kier alpha value is -1.70. The molecule has 1 atom stereocenters. The second-order valence-corrected chi connectivity index (χ2v) is 4.76. The third kappa shape index (κ3) is 2.95. The topological polar surface area (TPSA) is 33.0 Å². The fourth-order valence-electron chi connectivity index (χ4n) is 2.13. The van der Waals surface area contributed by atoms with E-state index >= 15 is 0 Å². The van der Waals surface area contributed by atoms with Crippen molar-refractivity contribution in [2.45, 2.75) is 39.2 Å². The maximum atomic E-state index is 8.01. The van der Waals surface area contributed by atoms with Gasteiger partial charge in [-0.15, -0.1) is 0 Å². The van der Waals surface area contributed by atoms with E-state index in [1.165, 1.54) is 12.8 Å². The highest BCUT2D eigenvalue weighted by Gasteiger charge is 2.06. The highest BCUT2D eigenvalue weighted by atomic mass is 16.5. The first-order chi connectivity index (χ1) is 8.70. The molecule has 1 radical (unpaired) electrons. The lowest BCUT2D eigenvalue weighted by atomic mass is 10.1. The monoisotopic (exact) mass is 242 g/mol. The van der Waals surface area contributed by atoms with Crippen molar-refractivity contribution in [1.82, 2.24) is 5.73 Å². The predicted octanol–water partition coefficient (Wildman–Crippen LogP) is 4.71. The normalized spacial score (nSPS) is 12.6. The molecule has 0 aliphatic rings. The van der Waals surface area contributed by atoms with E-state index in [9.17, 15) is 0 Å². The molecule has 1 unspecified atom stereocenters. The molecule has 0 saturated carbocycles. The zero-order valence-electron chi connectivity index (χ0n) is 11.1. The molecule has 2 aromatic carbocycles. The van der Waals surface area contributed by atoms with Crippen LogP contribution in [0.25, 0.3) is 10.8 Å². The molecule has 1 N–H and O–H groups in total. The Morgan fingerprint density at radius 3 is 2.78 bits per heavy atom. The van der Waals surface area contributed by atoms with Gasteiger partial charge < -0.3 is 10.5 Å². The Kier molecular flexibility index (Phi) is 4.08. The molecule has 0 aliphatic carbocycles. The number of hydrogen-bond donors (Lipinski definition) is 0. The third-order valence-corrected chi connectivity index (χ3v) is 3.14. The summed E-state index contributed by atoms with van der Waals surface area (Å²) in [6.45, 7) is 4.28. The van der Waals surface area contributed by atoms with Crippen LogP contribution in [-0.2, 0) is 0 Å². The number of benzene rings is 2. The van der Waals surface area contributed by atoms with Gasteiger partial charge in [0.05, 0.1) is 11.8 Å². The van der Waals surface area contributed by atoms with Crippen LogP contribution in [0.3, 0.4) is 0 Å². The van der Waals surface area contributed by atoms with Crippen LogP contribution < -0.4 is 10.5 Å². The van der Waals surface area contributed by atoms with Gasteiger partial charge in [-0.1, -0.05) is 44.0 Å². The minimum atomic E-state index is 0.213. The van der Waals surface area contributed by atoms with E-state index in [4.69, 9.17) is 10.5 Å². The third-order valence-electron chi connectivity index (χ3n) is 3.14. The van der Waals surface area contributed by atoms with E-state index < -0.39 is 0 Å². The molecular weight excluding hydrogens is 222 g/mol. The summed E-state index contributed by atoms with van der Waals surface area (Å²) in [7, 11) is 0. The summed E-state index contributed by atoms with van der Waals surface area (Å²) >= 11 is 0. The average molecular weight is 242 g/mol. The Labute approximate surface area is 109 Å². The van der Waals surface area contributed by atoms with Crippen LogP contribution in [0.1, 0.15) is 33.1 Å². The molecular formula is C16H20NO. The molecule has 0 bridgehead atoms. The summed E-state index contributed by atoms with van der Waals surface area (Å²) in [5.74, 6) is 0.808. The number of unbranched alkanes of at least 4 members (excludes halogenated alkanes) is 1. The zero-order valence-corrected chi connectivity index (χ0v) is 11.1. The highest BCUT2D eigenvalue weighted by molar-refractivity contribution is 5.93. The van der Waals surface area contributed by atoms with Crippen molar-refractivity contribution in [2.75, 3.05) is 0 Å². The van der Waals surface area contributed by atoms with Crippen LogP contribution in [0.15, 0.2) is 36.4 Å². The second-order valence-electron chi connectivity index (χ2n) is 4.76. The highest BCUT2D eigenvalue weighted by Crippen LogP contribution is 2.28. The van der Waals surface area contributed by atoms with Gasteiger partial charge >= 0.3 is 0 Å². The van der Waals surface area contributed by atoms with Gasteiger partial charge in [0.2, 0.25) is 0 Å². The van der Waals surface area contributed by atoms with Crippen molar-refractivity contribution in [3.05, 3.63) is 36.4 Å². The number of fused-ring (bicyclic) bond motifs is 1. The van der Waals surface area contributed by atoms with E-state index in [0.717, 1.165) is 22.9 Å². The zero-order chi connectivity index (χ0) is 13.0. The van der Waals surface area contributed by atoms with Crippen LogP contribution in [0.2, 0.25) is 0 Å². The molecule has 0 saturated heterocycles. The van der Waals surface area contributed by atoms with Gasteiger partial charge in [0.1, 0.15) is 5.75 Å². The van der Waals surface area contributed by atoms with Crippen LogP contribution in [0, 0.1) is 0 Å². The van der Waals surface area contributed by atoms with E-state index in [2.05, 4.69) is 13.8 Å². The fraction of sp³-hybridized carbons (Fsp3) is 0.375. The second kappa shape index (κ2) is 5.76. The molecule has 2 aromatic rings. The lowest BCUT2D eigenvalue weighted by Gasteiger charge is -2.15. The van der Waals surface area contributed by atoms with Gasteiger partial charge in [-0.25, -0.2) is 0 Å². The molecule has 2 nitrogen and oxygen atoms in total. The van der Waals surface area contributed by atoms with Gasteiger partial charge in [0.15, 0.2) is 0 Å². The number of nitrogens with one attached hydrogen (secondary N) is 1. The first kappa shape index (κ1) is 12.7. The molecule has 18 heavy (non-hydrogen) atoms. The minimum absolute atomic E-state index is 0.213. The summed E-state index contributed by atoms with van der Waals surface area (Å²) in [6, 6.07) is 11.8. The number of rotatable bonds is 5. The van der Waals surface area contributed by atoms with Crippen molar-refractivity contribution in [3.63, 3.8) is 0 Å². The Morgan fingerprint density at radius 1 is 1.22 bits per heavy atom. The molecule has 0 aliphatic heterocycles. The molecule has 0 heterocycles. The first-order valence-electron chi connectivity index (χ1n) is 6.61. The van der Waals surface area contributed by atoms with Gasteiger partial charge in [-0.3, -0.25) is 0 Å². The maximum absolute atomic E-state index is 8.01. The lowest BCUT2D eigenvalue weighted by Crippen LogP contribution is -2.11. The van der Waals surface area contributed by atoms with Crippen molar-refractivity contribution < 1.29 is 4.74 Å². The fourth-order valence-corrected chi connectivity index (χ4v) is 2.13. The largest absolute Gasteiger partial charge is 0.491 e. The van der Waals surface area contributed by atoms with E-state index in [1.807, 2.05) is 36.4 Å². The van der Waals surface area contributed by atoms with Crippen LogP contribution >= 0.6 is 0 Å². The predicted molar refractivity (Wildman–Crippen MR) is 76.3 cm³/mol. The van der Waals surface area contributed by atoms with Gasteiger partial charge in [0.25, 0.3) is 0 Å². The van der Waals surface area contributed by atoms with E-state index in [-0.39, 0.29) is 6.10 Å². The van der Waals surface area contributed by atoms with Crippen LogP contribution in [0.5, 0.6) is 5.75 Å². The molecule has 2 heteroatoms. The van der Waals surface area contributed by atoms with Crippen molar-refractivity contribution in [2.24, 2.45) is 0 Å². The summed E-state index contributed by atoms with van der Waals surface area (Å²) < 4.78 is 5.89. The Balaban J connectivity index is 2.19. The Bertz CT molecular complexity index is 521. The summed E-state index contributed by atoms with van der Waals surface area (Å²) in [5, 5.41) is 2.05. The van der Waals surface area contributed by atoms with Gasteiger partial charge in [0, 0.05) is 11.5 Å².